The van der Waals surface area contributed by atoms with Crippen molar-refractivity contribution in [2.45, 2.75) is 45.0 Å². The fourth-order valence-electron chi connectivity index (χ4n) is 4.54. The quantitative estimate of drug-likeness (QED) is 0.548. The highest BCUT2D eigenvalue weighted by molar-refractivity contribution is 6.15. The van der Waals surface area contributed by atoms with Crippen molar-refractivity contribution < 1.29 is 23.6 Å². The number of nitrogens with zero attached hydrogens (tertiary/aromatic N) is 5. The molecular weight excluding hydrogens is 426 g/mol. The maximum Gasteiger partial charge on any atom is 0.354 e. The summed E-state index contributed by atoms with van der Waals surface area (Å²) in [5, 5.41) is 3.89. The predicted octanol–water partition coefficient (Wildman–Crippen LogP) is 2.56. The lowest BCUT2D eigenvalue weighted by molar-refractivity contribution is -0.160. The molecule has 168 valence electrons. The molecule has 2 aromatic heterocycles. The van der Waals surface area contributed by atoms with Crippen molar-refractivity contribution in [2.24, 2.45) is 0 Å². The Morgan fingerprint density at radius 1 is 1.21 bits per heavy atom. The van der Waals surface area contributed by atoms with Crippen LogP contribution in [0.4, 0.5) is 5.69 Å². The van der Waals surface area contributed by atoms with Crippen LogP contribution in [0.2, 0.25) is 0 Å². The van der Waals surface area contributed by atoms with E-state index in [1.807, 2.05) is 0 Å². The first-order valence-corrected chi connectivity index (χ1v) is 10.6. The highest BCUT2D eigenvalue weighted by Crippen LogP contribution is 2.46. The number of esters is 1. The molecule has 2 amide bonds. The molecule has 1 unspecified atom stereocenters. The molecule has 4 heterocycles. The molecule has 0 aliphatic carbocycles. The molecule has 0 bridgehead atoms. The van der Waals surface area contributed by atoms with Crippen LogP contribution in [0.3, 0.4) is 0 Å². The van der Waals surface area contributed by atoms with Crippen LogP contribution >= 0.6 is 0 Å². The van der Waals surface area contributed by atoms with Crippen LogP contribution in [0.1, 0.15) is 42.9 Å². The van der Waals surface area contributed by atoms with E-state index in [9.17, 15) is 14.4 Å². The lowest BCUT2D eigenvalue weighted by Crippen LogP contribution is -2.70. The van der Waals surface area contributed by atoms with Crippen molar-refractivity contribution in [1.82, 2.24) is 20.0 Å². The van der Waals surface area contributed by atoms with Gasteiger partial charge in [-0.3, -0.25) is 19.5 Å². The number of carbonyl (C=O) groups excluding carboxylic acids is 3. The van der Waals surface area contributed by atoms with Crippen molar-refractivity contribution in [3.63, 3.8) is 0 Å². The zero-order chi connectivity index (χ0) is 23.2. The van der Waals surface area contributed by atoms with E-state index >= 15 is 0 Å². The van der Waals surface area contributed by atoms with Crippen molar-refractivity contribution in [2.75, 3.05) is 4.90 Å². The van der Waals surface area contributed by atoms with Crippen LogP contribution in [-0.2, 0) is 20.9 Å². The maximum atomic E-state index is 13.6. The molecule has 0 spiro atoms. The second kappa shape index (κ2) is 7.80. The predicted molar refractivity (Wildman–Crippen MR) is 115 cm³/mol. The van der Waals surface area contributed by atoms with Gasteiger partial charge in [-0.2, -0.15) is 4.98 Å². The number of fused-ring (bicyclic) bond motifs is 3. The molecule has 0 radical (unpaired) electrons. The Labute approximate surface area is 189 Å². The average molecular weight is 447 g/mol. The second-order valence-corrected chi connectivity index (χ2v) is 8.16. The fourth-order valence-corrected chi connectivity index (χ4v) is 4.54. The van der Waals surface area contributed by atoms with Gasteiger partial charge in [0.2, 0.25) is 17.4 Å². The topological polar surface area (TPSA) is 119 Å². The summed E-state index contributed by atoms with van der Waals surface area (Å²) in [4.78, 5) is 51.0. The summed E-state index contributed by atoms with van der Waals surface area (Å²) < 4.78 is 10.8. The van der Waals surface area contributed by atoms with Gasteiger partial charge in [-0.15, -0.1) is 0 Å². The minimum absolute atomic E-state index is 0.0908. The molecule has 1 saturated heterocycles. The van der Waals surface area contributed by atoms with Crippen LogP contribution in [0.25, 0.3) is 11.4 Å². The maximum absolute atomic E-state index is 13.6. The van der Waals surface area contributed by atoms with Crippen LogP contribution in [0.15, 0.2) is 53.3 Å². The summed E-state index contributed by atoms with van der Waals surface area (Å²) in [6, 6.07) is 9.97. The number of hydrogen-bond donors (Lipinski definition) is 0. The number of carbonyl (C=O) groups is 3. The second-order valence-electron chi connectivity index (χ2n) is 8.16. The van der Waals surface area contributed by atoms with Crippen LogP contribution < -0.4 is 4.90 Å². The molecule has 1 fully saturated rings. The summed E-state index contributed by atoms with van der Waals surface area (Å²) in [6.45, 7) is 3.32. The first-order valence-electron chi connectivity index (χ1n) is 10.6. The van der Waals surface area contributed by atoms with E-state index in [1.165, 1.54) is 9.80 Å². The van der Waals surface area contributed by atoms with Gasteiger partial charge < -0.3 is 14.2 Å². The van der Waals surface area contributed by atoms with E-state index in [2.05, 4.69) is 15.1 Å². The zero-order valence-corrected chi connectivity index (χ0v) is 18.1. The highest BCUT2D eigenvalue weighted by atomic mass is 16.6. The van der Waals surface area contributed by atoms with Crippen molar-refractivity contribution in [1.29, 1.82) is 0 Å². The number of pyridine rings is 1. The molecule has 1 aromatic carbocycles. The zero-order valence-electron chi connectivity index (χ0n) is 18.1. The van der Waals surface area contributed by atoms with E-state index in [4.69, 9.17) is 9.26 Å². The minimum atomic E-state index is -1.57. The Kier molecular flexibility index (Phi) is 4.92. The van der Waals surface area contributed by atoms with E-state index in [1.54, 1.807) is 62.6 Å². The molecule has 5 rings (SSSR count). The number of ether oxygens (including phenoxy) is 1. The molecule has 10 nitrogen and oxygen atoms in total. The van der Waals surface area contributed by atoms with E-state index in [-0.39, 0.29) is 43.2 Å². The number of anilines is 1. The average Bonchev–Trinajstić information content (AvgIpc) is 3.43. The van der Waals surface area contributed by atoms with Gasteiger partial charge in [-0.1, -0.05) is 17.3 Å². The van der Waals surface area contributed by atoms with E-state index < -0.39 is 11.6 Å². The number of para-hydroxylation sites is 1. The molecule has 10 heteroatoms. The van der Waals surface area contributed by atoms with Crippen LogP contribution in [0.5, 0.6) is 0 Å². The normalized spacial score (nSPS) is 19.6. The Morgan fingerprint density at radius 2 is 2.03 bits per heavy atom. The van der Waals surface area contributed by atoms with Crippen molar-refractivity contribution >= 4 is 23.5 Å². The van der Waals surface area contributed by atoms with Crippen LogP contribution in [0, 0.1) is 0 Å². The molecule has 3 aromatic rings. The highest BCUT2D eigenvalue weighted by Gasteiger charge is 2.62. The van der Waals surface area contributed by atoms with Gasteiger partial charge in [0.05, 0.1) is 11.3 Å². The SMILES string of the molecule is CC(C)N1C(=O)c2ccccc2N2C(=O)CCC21C(=O)OCc1nc(-c2cccnc2)no1. The third kappa shape index (κ3) is 3.17. The number of amides is 2. The van der Waals surface area contributed by atoms with Gasteiger partial charge in [0.1, 0.15) is 0 Å². The molecule has 1 atom stereocenters. The van der Waals surface area contributed by atoms with Gasteiger partial charge in [0.15, 0.2) is 6.61 Å². The molecule has 2 aliphatic rings. The third-order valence-electron chi connectivity index (χ3n) is 5.86. The Balaban J connectivity index is 1.46. The summed E-state index contributed by atoms with van der Waals surface area (Å²) in [5.74, 6) is -0.871. The van der Waals surface area contributed by atoms with Crippen molar-refractivity contribution in [3.05, 3.63) is 60.2 Å². The van der Waals surface area contributed by atoms with Gasteiger partial charge >= 0.3 is 5.97 Å². The molecule has 0 N–H and O–H groups in total. The van der Waals surface area contributed by atoms with Gasteiger partial charge in [-0.05, 0) is 38.1 Å². The fraction of sp³-hybridized carbons (Fsp3) is 0.304. The smallest absolute Gasteiger partial charge is 0.354 e. The molecular formula is C23H21N5O5. The number of hydrogen-bond acceptors (Lipinski definition) is 8. The molecule has 2 aliphatic heterocycles. The monoisotopic (exact) mass is 447 g/mol. The van der Waals surface area contributed by atoms with Gasteiger partial charge in [-0.25, -0.2) is 4.79 Å². The number of benzene rings is 1. The Hall–Kier alpha value is -4.08. The summed E-state index contributed by atoms with van der Waals surface area (Å²) >= 11 is 0. The first kappa shape index (κ1) is 20.8. The molecule has 0 saturated carbocycles. The third-order valence-corrected chi connectivity index (χ3v) is 5.86. The minimum Gasteiger partial charge on any atom is -0.452 e. The lowest BCUT2D eigenvalue weighted by Gasteiger charge is -2.50. The van der Waals surface area contributed by atoms with E-state index in [0.717, 1.165) is 0 Å². The summed E-state index contributed by atoms with van der Waals surface area (Å²) in [7, 11) is 0. The number of aromatic nitrogens is 3. The molecule has 33 heavy (non-hydrogen) atoms. The lowest BCUT2D eigenvalue weighted by atomic mass is 9.95. The standard InChI is InChI=1S/C23H21N5O5/c1-14(2)27-21(30)16-7-3-4-8-17(16)28-19(29)9-10-23(27,28)22(31)32-13-18-25-20(26-33-18)15-6-5-11-24-12-15/h3-8,11-12,14H,9-10,13H2,1-2H3. The Bertz CT molecular complexity index is 1240. The van der Waals surface area contributed by atoms with Gasteiger partial charge in [0.25, 0.3) is 11.8 Å². The first-order chi connectivity index (χ1) is 15.9. The summed E-state index contributed by atoms with van der Waals surface area (Å²) in [5.41, 5.74) is -0.119. The van der Waals surface area contributed by atoms with Crippen molar-refractivity contribution in [3.8, 4) is 11.4 Å². The Morgan fingerprint density at radius 3 is 2.79 bits per heavy atom. The van der Waals surface area contributed by atoms with E-state index in [0.29, 0.717) is 22.6 Å². The number of rotatable bonds is 5. The van der Waals surface area contributed by atoms with Gasteiger partial charge in [0, 0.05) is 36.8 Å². The summed E-state index contributed by atoms with van der Waals surface area (Å²) in [6.07, 6.45) is 3.47. The largest absolute Gasteiger partial charge is 0.452 e. The van der Waals surface area contributed by atoms with Crippen LogP contribution in [-0.4, -0.2) is 49.5 Å².